The third-order valence-electron chi connectivity index (χ3n) is 6.44. The molecule has 0 saturated heterocycles. The van der Waals surface area contributed by atoms with E-state index in [1.54, 1.807) is 32.0 Å². The van der Waals surface area contributed by atoms with Crippen molar-refractivity contribution in [2.45, 2.75) is 62.9 Å². The summed E-state index contributed by atoms with van der Waals surface area (Å²) >= 11 is 0. The first-order valence-electron chi connectivity index (χ1n) is 10.7. The smallest absolute Gasteiger partial charge is 0.331 e. The Morgan fingerprint density at radius 1 is 1.06 bits per heavy atom. The van der Waals surface area contributed by atoms with Gasteiger partial charge < -0.3 is 15.0 Å². The molecule has 5 rings (SSSR count). The second-order valence-corrected chi connectivity index (χ2v) is 11.1. The summed E-state index contributed by atoms with van der Waals surface area (Å²) in [5, 5.41) is 13.3. The van der Waals surface area contributed by atoms with E-state index in [0.717, 1.165) is 44.2 Å². The molecule has 1 unspecified atom stereocenters. The summed E-state index contributed by atoms with van der Waals surface area (Å²) in [5.41, 5.74) is 5.57. The molecular formula is C23H27N3O4S. The minimum Gasteiger partial charge on any atom is -0.386 e. The lowest BCUT2D eigenvalue weighted by Gasteiger charge is -2.31. The normalized spacial score (nSPS) is 23.4. The van der Waals surface area contributed by atoms with E-state index < -0.39 is 28.2 Å². The number of amides is 3. The number of carbonyl (C=O) groups excluding carboxylic acids is 2. The van der Waals surface area contributed by atoms with Crippen LogP contribution >= 0.6 is 10.7 Å². The standard InChI is InChI=1S/C23H27N3O4S/c1-23(2,29)15-9-10-18-19(12-15)31(30,25-21(18)27)26-22(28)24-20-16-7-3-5-13(16)11-14-6-4-8-17(14)20/h9-12,29-30H,3-8H2,1-2H3,(H,25,27)(H2,24,26,28). The topological polar surface area (TPSA) is 111 Å². The molecule has 5 N–H and O–H groups in total. The number of hydrogen-bond donors (Lipinski definition) is 5. The molecule has 0 saturated carbocycles. The molecule has 0 radical (unpaired) electrons. The van der Waals surface area contributed by atoms with Gasteiger partial charge in [0.1, 0.15) is 0 Å². The number of urea groups is 1. The van der Waals surface area contributed by atoms with Gasteiger partial charge in [0.25, 0.3) is 5.91 Å². The number of nitrogens with one attached hydrogen (secondary N) is 3. The molecule has 3 aliphatic rings. The van der Waals surface area contributed by atoms with Crippen LogP contribution in [0.25, 0.3) is 0 Å². The Kier molecular flexibility index (Phi) is 4.58. The number of carbonyl (C=O) groups is 2. The van der Waals surface area contributed by atoms with Crippen LogP contribution in [0.15, 0.2) is 29.2 Å². The number of aliphatic hydroxyl groups is 1. The molecule has 0 aromatic heterocycles. The van der Waals surface area contributed by atoms with Crippen molar-refractivity contribution in [2.24, 2.45) is 0 Å². The lowest BCUT2D eigenvalue weighted by atomic mass is 9.97. The Hall–Kier alpha value is -2.55. The number of benzene rings is 2. The zero-order chi connectivity index (χ0) is 22.0. The van der Waals surface area contributed by atoms with Crippen LogP contribution in [-0.2, 0) is 31.3 Å². The summed E-state index contributed by atoms with van der Waals surface area (Å²) in [6, 6.07) is 6.55. The van der Waals surface area contributed by atoms with Gasteiger partial charge >= 0.3 is 6.03 Å². The van der Waals surface area contributed by atoms with Crippen molar-refractivity contribution < 1.29 is 19.2 Å². The molecule has 0 spiro atoms. The fraction of sp³-hybridized carbons (Fsp3) is 0.391. The Morgan fingerprint density at radius 3 is 2.32 bits per heavy atom. The molecule has 2 aliphatic carbocycles. The summed E-state index contributed by atoms with van der Waals surface area (Å²) in [5.74, 6) is -0.448. The van der Waals surface area contributed by atoms with Gasteiger partial charge in [0.15, 0.2) is 0 Å². The van der Waals surface area contributed by atoms with E-state index in [-0.39, 0.29) is 0 Å². The van der Waals surface area contributed by atoms with Crippen molar-refractivity contribution >= 4 is 28.3 Å². The third-order valence-corrected chi connectivity index (χ3v) is 8.38. The van der Waals surface area contributed by atoms with Crippen LogP contribution < -0.4 is 14.8 Å². The van der Waals surface area contributed by atoms with Gasteiger partial charge in [-0.05, 0) is 92.3 Å². The Balaban J connectivity index is 1.45. The predicted octanol–water partition coefficient (Wildman–Crippen LogP) is 3.92. The summed E-state index contributed by atoms with van der Waals surface area (Å²) in [6.07, 6.45) is 6.07. The first-order chi connectivity index (χ1) is 14.7. The summed E-state index contributed by atoms with van der Waals surface area (Å²) in [6.45, 7) is 3.26. The second kappa shape index (κ2) is 6.98. The van der Waals surface area contributed by atoms with Crippen molar-refractivity contribution in [3.8, 4) is 0 Å². The molecular weight excluding hydrogens is 414 g/mol. The first-order valence-corrected chi connectivity index (χ1v) is 12.2. The highest BCUT2D eigenvalue weighted by Gasteiger charge is 2.40. The zero-order valence-electron chi connectivity index (χ0n) is 17.7. The van der Waals surface area contributed by atoms with Gasteiger partial charge in [-0.25, -0.2) is 4.79 Å². The van der Waals surface area contributed by atoms with E-state index in [1.165, 1.54) is 22.3 Å². The van der Waals surface area contributed by atoms with Crippen LogP contribution in [0.3, 0.4) is 0 Å². The van der Waals surface area contributed by atoms with Gasteiger partial charge in [0.05, 0.1) is 26.7 Å². The Bertz CT molecular complexity index is 1090. The maximum absolute atomic E-state index is 13.0. The highest BCUT2D eigenvalue weighted by Crippen LogP contribution is 2.52. The fourth-order valence-corrected chi connectivity index (χ4v) is 6.64. The number of hydrogen-bond acceptors (Lipinski definition) is 4. The molecule has 8 heteroatoms. The van der Waals surface area contributed by atoms with E-state index in [0.29, 0.717) is 16.0 Å². The maximum atomic E-state index is 13.0. The molecule has 2 aromatic carbocycles. The molecule has 1 aliphatic heterocycles. The quantitative estimate of drug-likeness (QED) is 0.497. The third kappa shape index (κ3) is 3.39. The van der Waals surface area contributed by atoms with E-state index >= 15 is 0 Å². The highest BCUT2D eigenvalue weighted by molar-refractivity contribution is 8.27. The highest BCUT2D eigenvalue weighted by atomic mass is 32.3. The fourth-order valence-electron chi connectivity index (χ4n) is 4.90. The lowest BCUT2D eigenvalue weighted by molar-refractivity contribution is 0.0782. The second-order valence-electron chi connectivity index (χ2n) is 9.07. The van der Waals surface area contributed by atoms with Crippen LogP contribution in [0.4, 0.5) is 10.5 Å². The van der Waals surface area contributed by atoms with Crippen molar-refractivity contribution in [3.63, 3.8) is 0 Å². The van der Waals surface area contributed by atoms with Crippen molar-refractivity contribution in [3.05, 3.63) is 57.6 Å². The van der Waals surface area contributed by atoms with Crippen molar-refractivity contribution in [1.29, 1.82) is 0 Å². The molecule has 1 heterocycles. The summed E-state index contributed by atoms with van der Waals surface area (Å²) < 4.78 is 16.4. The zero-order valence-corrected chi connectivity index (χ0v) is 18.5. The van der Waals surface area contributed by atoms with Crippen LogP contribution in [0.2, 0.25) is 0 Å². The summed E-state index contributed by atoms with van der Waals surface area (Å²) in [4.78, 5) is 25.7. The lowest BCUT2D eigenvalue weighted by Crippen LogP contribution is -2.37. The van der Waals surface area contributed by atoms with Gasteiger partial charge in [0, 0.05) is 5.69 Å². The molecule has 0 bridgehead atoms. The van der Waals surface area contributed by atoms with Gasteiger partial charge in [-0.2, -0.15) is 0 Å². The number of anilines is 1. The minimum atomic E-state index is -3.12. The molecule has 1 atom stereocenters. The van der Waals surface area contributed by atoms with E-state index in [9.17, 15) is 19.2 Å². The molecule has 0 fully saturated rings. The average Bonchev–Trinajstić information content (AvgIpc) is 3.39. The maximum Gasteiger partial charge on any atom is 0.331 e. The molecule has 31 heavy (non-hydrogen) atoms. The first kappa shape index (κ1) is 20.4. The van der Waals surface area contributed by atoms with Crippen LogP contribution in [-0.4, -0.2) is 21.6 Å². The van der Waals surface area contributed by atoms with Crippen LogP contribution in [0.1, 0.15) is 64.9 Å². The van der Waals surface area contributed by atoms with E-state index in [2.05, 4.69) is 20.8 Å². The van der Waals surface area contributed by atoms with E-state index in [4.69, 9.17) is 0 Å². The molecule has 3 amide bonds. The van der Waals surface area contributed by atoms with Crippen LogP contribution in [0, 0.1) is 0 Å². The van der Waals surface area contributed by atoms with E-state index in [1.807, 2.05) is 0 Å². The van der Waals surface area contributed by atoms with Crippen LogP contribution in [0.5, 0.6) is 0 Å². The average molecular weight is 442 g/mol. The molecule has 7 nitrogen and oxygen atoms in total. The minimum absolute atomic E-state index is 0.298. The van der Waals surface area contributed by atoms with Crippen molar-refractivity contribution in [2.75, 3.05) is 5.32 Å². The monoisotopic (exact) mass is 441 g/mol. The SMILES string of the molecule is CC(C)(O)c1ccc2c(c1)S(O)(NC(=O)Nc1c3c(cc4c1CCC4)CCC3)NC2=O. The Morgan fingerprint density at radius 2 is 1.71 bits per heavy atom. The van der Waals surface area contributed by atoms with Gasteiger partial charge in [-0.1, -0.05) is 12.1 Å². The number of rotatable bonds is 3. The predicted molar refractivity (Wildman–Crippen MR) is 120 cm³/mol. The largest absolute Gasteiger partial charge is 0.386 e. The molecule has 164 valence electrons. The van der Waals surface area contributed by atoms with Gasteiger partial charge in [-0.15, -0.1) is 0 Å². The van der Waals surface area contributed by atoms with Gasteiger partial charge in [0.2, 0.25) is 0 Å². The van der Waals surface area contributed by atoms with Gasteiger partial charge in [-0.3, -0.25) is 14.2 Å². The molecule has 2 aromatic rings. The number of fused-ring (bicyclic) bond motifs is 3. The number of aryl methyl sites for hydroxylation is 2. The Labute approximate surface area is 183 Å². The summed E-state index contributed by atoms with van der Waals surface area (Å²) in [7, 11) is -3.12. The van der Waals surface area contributed by atoms with Crippen molar-refractivity contribution in [1.82, 2.24) is 9.44 Å².